The number of carbonyl (C=O) groups is 1. The third-order valence-electron chi connectivity index (χ3n) is 2.39. The number of carboxylic acids is 1. The smallest absolute Gasteiger partial charge is 0.350 e. The van der Waals surface area contributed by atoms with Crippen molar-refractivity contribution in [1.29, 1.82) is 0 Å². The zero-order valence-electron chi connectivity index (χ0n) is 9.73. The van der Waals surface area contributed by atoms with Crippen LogP contribution in [-0.4, -0.2) is 25.6 Å². The Morgan fingerprint density at radius 1 is 1.45 bits per heavy atom. The number of nitrogens with one attached hydrogen (secondary N) is 1. The average molecular weight is 297 g/mol. The van der Waals surface area contributed by atoms with Crippen LogP contribution >= 0.6 is 11.3 Å². The first-order valence-electron chi connectivity index (χ1n) is 5.18. The van der Waals surface area contributed by atoms with Crippen molar-refractivity contribution in [1.82, 2.24) is 9.55 Å². The summed E-state index contributed by atoms with van der Waals surface area (Å²) in [7, 11) is 0. The number of hydrogen-bond acceptors (Lipinski definition) is 6. The predicted octanol–water partition coefficient (Wildman–Crippen LogP) is 0.253. The number of carboxylic acid groups (broad SMARTS) is 1. The molecule has 9 nitrogen and oxygen atoms in total. The molecule has 0 saturated heterocycles. The molecule has 2 rings (SSSR count). The molecule has 0 aliphatic heterocycles. The molecule has 2 aromatic heterocycles. The van der Waals surface area contributed by atoms with E-state index in [-0.39, 0.29) is 11.4 Å². The van der Waals surface area contributed by atoms with Crippen LogP contribution in [0.25, 0.3) is 0 Å². The van der Waals surface area contributed by atoms with E-state index >= 15 is 0 Å². The van der Waals surface area contributed by atoms with Gasteiger partial charge in [-0.2, -0.15) is 0 Å². The van der Waals surface area contributed by atoms with E-state index in [9.17, 15) is 24.5 Å². The van der Waals surface area contributed by atoms with Gasteiger partial charge in [-0.15, -0.1) is 11.3 Å². The predicted molar refractivity (Wildman–Crippen MR) is 68.4 cm³/mol. The lowest BCUT2D eigenvalue weighted by molar-refractivity contribution is -0.386. The molecule has 0 aliphatic carbocycles. The summed E-state index contributed by atoms with van der Waals surface area (Å²) in [5.41, 5.74) is -2.63. The highest BCUT2D eigenvalue weighted by Gasteiger charge is 2.15. The Kier molecular flexibility index (Phi) is 3.48. The molecule has 0 spiro atoms. The molecule has 2 heterocycles. The average Bonchev–Trinajstić information content (AvgIpc) is 2.80. The van der Waals surface area contributed by atoms with Gasteiger partial charge < -0.3 is 5.11 Å². The summed E-state index contributed by atoms with van der Waals surface area (Å²) < 4.78 is 0.941. The summed E-state index contributed by atoms with van der Waals surface area (Å²) in [6, 6.07) is 2.87. The van der Waals surface area contributed by atoms with Crippen molar-refractivity contribution in [2.24, 2.45) is 0 Å². The SMILES string of the molecule is O=C(O)c1ccc(Cn2cc([N+](=O)[O-])c(=O)[nH]c2=O)s1. The van der Waals surface area contributed by atoms with Crippen LogP contribution < -0.4 is 11.2 Å². The zero-order valence-corrected chi connectivity index (χ0v) is 10.5. The van der Waals surface area contributed by atoms with E-state index in [0.717, 1.165) is 22.1 Å². The van der Waals surface area contributed by atoms with Gasteiger partial charge in [0.1, 0.15) is 4.88 Å². The molecule has 0 fully saturated rings. The van der Waals surface area contributed by atoms with Gasteiger partial charge in [-0.3, -0.25) is 24.5 Å². The minimum absolute atomic E-state index is 0.0611. The van der Waals surface area contributed by atoms with E-state index < -0.39 is 27.8 Å². The second-order valence-electron chi connectivity index (χ2n) is 3.73. The van der Waals surface area contributed by atoms with Gasteiger partial charge in [0.25, 0.3) is 0 Å². The van der Waals surface area contributed by atoms with Crippen LogP contribution in [0.5, 0.6) is 0 Å². The first kappa shape index (κ1) is 13.7. The highest BCUT2D eigenvalue weighted by Crippen LogP contribution is 2.17. The topological polar surface area (TPSA) is 135 Å². The highest BCUT2D eigenvalue weighted by atomic mass is 32.1. The summed E-state index contributed by atoms with van der Waals surface area (Å²) in [6.07, 6.45) is 0.835. The van der Waals surface area contributed by atoms with Crippen LogP contribution in [0.3, 0.4) is 0 Å². The van der Waals surface area contributed by atoms with Gasteiger partial charge in [0.2, 0.25) is 0 Å². The Morgan fingerprint density at radius 3 is 2.70 bits per heavy atom. The third-order valence-corrected chi connectivity index (χ3v) is 3.45. The van der Waals surface area contributed by atoms with Crippen LogP contribution in [0, 0.1) is 10.1 Å². The fraction of sp³-hybridized carbons (Fsp3) is 0.100. The molecule has 10 heteroatoms. The van der Waals surface area contributed by atoms with Crippen LogP contribution in [0.1, 0.15) is 14.5 Å². The monoisotopic (exact) mass is 297 g/mol. The van der Waals surface area contributed by atoms with Crippen LogP contribution in [-0.2, 0) is 6.54 Å². The molecular formula is C10H7N3O6S. The molecule has 0 aliphatic rings. The molecule has 0 radical (unpaired) electrons. The molecular weight excluding hydrogens is 290 g/mol. The summed E-state index contributed by atoms with van der Waals surface area (Å²) >= 11 is 0.942. The first-order valence-corrected chi connectivity index (χ1v) is 6.00. The number of aromatic nitrogens is 2. The summed E-state index contributed by atoms with van der Waals surface area (Å²) in [5, 5.41) is 19.4. The number of thiophene rings is 1. The van der Waals surface area contributed by atoms with Crippen LogP contribution in [0.2, 0.25) is 0 Å². The normalized spacial score (nSPS) is 10.4. The van der Waals surface area contributed by atoms with Crippen molar-refractivity contribution in [2.75, 3.05) is 0 Å². The Labute approximate surface area is 113 Å². The molecule has 104 valence electrons. The Balaban J connectivity index is 2.40. The quantitative estimate of drug-likeness (QED) is 0.613. The minimum Gasteiger partial charge on any atom is -0.477 e. The fourth-order valence-corrected chi connectivity index (χ4v) is 2.34. The highest BCUT2D eigenvalue weighted by molar-refractivity contribution is 7.13. The van der Waals surface area contributed by atoms with Gasteiger partial charge in [-0.1, -0.05) is 0 Å². The van der Waals surface area contributed by atoms with E-state index in [1.165, 1.54) is 12.1 Å². The van der Waals surface area contributed by atoms with Gasteiger partial charge >= 0.3 is 22.9 Å². The maximum atomic E-state index is 11.5. The number of nitro groups is 1. The molecule has 2 N–H and O–H groups in total. The molecule has 20 heavy (non-hydrogen) atoms. The van der Waals surface area contributed by atoms with Gasteiger partial charge in [-0.25, -0.2) is 9.59 Å². The minimum atomic E-state index is -1.10. The van der Waals surface area contributed by atoms with E-state index in [2.05, 4.69) is 0 Å². The van der Waals surface area contributed by atoms with Gasteiger partial charge in [0.05, 0.1) is 17.7 Å². The Morgan fingerprint density at radius 2 is 2.15 bits per heavy atom. The first-order chi connectivity index (χ1) is 9.38. The summed E-state index contributed by atoms with van der Waals surface area (Å²) in [6.45, 7) is -0.0611. The van der Waals surface area contributed by atoms with E-state index in [0.29, 0.717) is 4.88 Å². The second-order valence-corrected chi connectivity index (χ2v) is 4.90. The maximum Gasteiger partial charge on any atom is 0.350 e. The lowest BCUT2D eigenvalue weighted by Gasteiger charge is -2.02. The third kappa shape index (κ3) is 2.64. The van der Waals surface area contributed by atoms with Crippen molar-refractivity contribution < 1.29 is 14.8 Å². The van der Waals surface area contributed by atoms with Crippen molar-refractivity contribution in [2.45, 2.75) is 6.54 Å². The van der Waals surface area contributed by atoms with Crippen molar-refractivity contribution in [3.05, 3.63) is 59.0 Å². The van der Waals surface area contributed by atoms with Crippen LogP contribution in [0.15, 0.2) is 27.9 Å². The number of H-pyrrole nitrogens is 1. The second kappa shape index (κ2) is 5.09. The van der Waals surface area contributed by atoms with Gasteiger partial charge in [-0.05, 0) is 12.1 Å². The molecule has 0 saturated carbocycles. The van der Waals surface area contributed by atoms with E-state index in [1.54, 1.807) is 0 Å². The number of aromatic carboxylic acids is 1. The molecule has 0 atom stereocenters. The molecule has 0 bridgehead atoms. The van der Waals surface area contributed by atoms with E-state index in [4.69, 9.17) is 5.11 Å². The van der Waals surface area contributed by atoms with Crippen LogP contribution in [0.4, 0.5) is 5.69 Å². The number of aromatic amines is 1. The van der Waals surface area contributed by atoms with E-state index in [1.807, 2.05) is 4.98 Å². The largest absolute Gasteiger partial charge is 0.477 e. The number of nitrogens with zero attached hydrogens (tertiary/aromatic N) is 2. The van der Waals surface area contributed by atoms with Crippen molar-refractivity contribution in [3.63, 3.8) is 0 Å². The lowest BCUT2D eigenvalue weighted by Crippen LogP contribution is -2.30. The lowest BCUT2D eigenvalue weighted by atomic mass is 10.4. The fourth-order valence-electron chi connectivity index (χ4n) is 1.49. The molecule has 0 amide bonds. The van der Waals surface area contributed by atoms with Crippen molar-refractivity contribution in [3.8, 4) is 0 Å². The Hall–Kier alpha value is -2.75. The summed E-state index contributed by atoms with van der Waals surface area (Å²) in [5.74, 6) is -1.10. The van der Waals surface area contributed by atoms with Crippen molar-refractivity contribution >= 4 is 23.0 Å². The van der Waals surface area contributed by atoms with Gasteiger partial charge in [0.15, 0.2) is 0 Å². The molecule has 2 aromatic rings. The molecule has 0 unspecified atom stereocenters. The number of hydrogen-bond donors (Lipinski definition) is 2. The maximum absolute atomic E-state index is 11.5. The summed E-state index contributed by atoms with van der Waals surface area (Å²) in [4.78, 5) is 45.6. The number of rotatable bonds is 4. The Bertz CT molecular complexity index is 802. The van der Waals surface area contributed by atoms with Gasteiger partial charge in [0, 0.05) is 4.88 Å². The zero-order chi connectivity index (χ0) is 14.9. The molecule has 0 aromatic carbocycles. The standard InChI is InChI=1S/C10H7N3O6S/c14-8-6(13(18)19)4-12(10(17)11-8)3-5-1-2-7(20-5)9(15)16/h1-2,4H,3H2,(H,15,16)(H,11,14,17).